The number of rotatable bonds is 6. The van der Waals surface area contributed by atoms with Crippen LogP contribution in [0.1, 0.15) is 56.2 Å². The molecule has 0 spiro atoms. The predicted octanol–water partition coefficient (Wildman–Crippen LogP) is 1.76. The van der Waals surface area contributed by atoms with Gasteiger partial charge in [-0.25, -0.2) is 0 Å². The molecule has 31 heavy (non-hydrogen) atoms. The highest BCUT2D eigenvalue weighted by Crippen LogP contribution is 2.29. The molecule has 2 aromatic rings. The zero-order valence-electron chi connectivity index (χ0n) is 17.9. The Bertz CT molecular complexity index is 935. The van der Waals surface area contributed by atoms with Crippen LogP contribution < -0.4 is 10.6 Å². The Balaban J connectivity index is 1.17. The molecule has 1 fully saturated rings. The van der Waals surface area contributed by atoms with E-state index in [1.165, 1.54) is 23.3 Å². The van der Waals surface area contributed by atoms with E-state index in [0.29, 0.717) is 36.0 Å². The number of likely N-dealkylation sites (tertiary alicyclic amines) is 1. The first-order valence-corrected chi connectivity index (χ1v) is 11.8. The molecule has 2 N–H and O–H groups in total. The van der Waals surface area contributed by atoms with Crippen molar-refractivity contribution in [2.24, 2.45) is 13.0 Å². The predicted molar refractivity (Wildman–Crippen MR) is 118 cm³/mol. The van der Waals surface area contributed by atoms with Crippen molar-refractivity contribution in [2.75, 3.05) is 26.2 Å². The average molecular weight is 444 g/mol. The SMILES string of the molecule is Cn1cc(C(=O)NCC2CCN(C(=O)CNC(=O)c3cc4c(s3)CCCC4)CC2)cn1. The van der Waals surface area contributed by atoms with E-state index in [1.807, 2.05) is 6.07 Å². The van der Waals surface area contributed by atoms with Crippen molar-refractivity contribution in [2.45, 2.75) is 38.5 Å². The van der Waals surface area contributed by atoms with Crippen LogP contribution in [0.15, 0.2) is 18.5 Å². The van der Waals surface area contributed by atoms with Crippen LogP contribution in [0.4, 0.5) is 0 Å². The Morgan fingerprint density at radius 2 is 1.90 bits per heavy atom. The molecule has 0 radical (unpaired) electrons. The number of fused-ring (bicyclic) bond motifs is 1. The standard InChI is InChI=1S/C22H29N5O3S/c1-26-14-17(12-25-26)21(29)23-11-15-6-8-27(9-7-15)20(28)13-24-22(30)19-10-16-4-2-3-5-18(16)31-19/h10,12,14-15H,2-9,11,13H2,1H3,(H,23,29)(H,24,30). The van der Waals surface area contributed by atoms with Gasteiger partial charge in [-0.1, -0.05) is 0 Å². The normalized spacial score (nSPS) is 16.6. The Morgan fingerprint density at radius 1 is 1.13 bits per heavy atom. The van der Waals surface area contributed by atoms with Crippen LogP contribution in [0, 0.1) is 5.92 Å². The molecule has 0 saturated carbocycles. The number of hydrogen-bond acceptors (Lipinski definition) is 5. The first kappa shape index (κ1) is 21.5. The number of amides is 3. The smallest absolute Gasteiger partial charge is 0.261 e. The number of thiophene rings is 1. The van der Waals surface area contributed by atoms with E-state index >= 15 is 0 Å². The molecule has 3 heterocycles. The lowest BCUT2D eigenvalue weighted by molar-refractivity contribution is -0.131. The van der Waals surface area contributed by atoms with Crippen LogP contribution in [0.25, 0.3) is 0 Å². The van der Waals surface area contributed by atoms with Gasteiger partial charge in [0.05, 0.1) is 23.2 Å². The molecule has 2 aliphatic rings. The minimum atomic E-state index is -0.152. The quantitative estimate of drug-likeness (QED) is 0.711. The van der Waals surface area contributed by atoms with Gasteiger partial charge in [0.1, 0.15) is 0 Å². The molecule has 166 valence electrons. The lowest BCUT2D eigenvalue weighted by atomic mass is 9.96. The topological polar surface area (TPSA) is 96.3 Å². The minimum Gasteiger partial charge on any atom is -0.352 e. The first-order valence-electron chi connectivity index (χ1n) is 10.9. The first-order chi connectivity index (χ1) is 15.0. The Labute approximate surface area is 186 Å². The highest BCUT2D eigenvalue weighted by molar-refractivity contribution is 7.14. The third kappa shape index (κ3) is 5.33. The van der Waals surface area contributed by atoms with Gasteiger partial charge in [0.15, 0.2) is 0 Å². The molecule has 9 heteroatoms. The minimum absolute atomic E-state index is 0.0316. The van der Waals surface area contributed by atoms with E-state index in [0.717, 1.165) is 25.7 Å². The molecule has 1 aliphatic heterocycles. The molecule has 1 aliphatic carbocycles. The monoisotopic (exact) mass is 443 g/mol. The molecule has 3 amide bonds. The Hall–Kier alpha value is -2.68. The van der Waals surface area contributed by atoms with Crippen molar-refractivity contribution >= 4 is 29.1 Å². The van der Waals surface area contributed by atoms with Crippen LogP contribution in [0.5, 0.6) is 0 Å². The third-order valence-electron chi connectivity index (χ3n) is 6.11. The average Bonchev–Trinajstić information content (AvgIpc) is 3.42. The highest BCUT2D eigenvalue weighted by atomic mass is 32.1. The van der Waals surface area contributed by atoms with Gasteiger partial charge in [0, 0.05) is 37.8 Å². The van der Waals surface area contributed by atoms with Crippen LogP contribution in [-0.2, 0) is 24.7 Å². The summed E-state index contributed by atoms with van der Waals surface area (Å²) in [5, 5.41) is 9.76. The number of nitrogens with zero attached hydrogens (tertiary/aromatic N) is 3. The van der Waals surface area contributed by atoms with E-state index < -0.39 is 0 Å². The summed E-state index contributed by atoms with van der Waals surface area (Å²) in [6.45, 7) is 1.92. The van der Waals surface area contributed by atoms with Crippen molar-refractivity contribution in [3.05, 3.63) is 39.3 Å². The Kier molecular flexibility index (Phi) is 6.70. The van der Waals surface area contributed by atoms with Crippen molar-refractivity contribution < 1.29 is 14.4 Å². The molecule has 4 rings (SSSR count). The van der Waals surface area contributed by atoms with Crippen LogP contribution in [0.3, 0.4) is 0 Å². The van der Waals surface area contributed by atoms with Gasteiger partial charge in [0.2, 0.25) is 5.91 Å². The lowest BCUT2D eigenvalue weighted by Gasteiger charge is -2.32. The van der Waals surface area contributed by atoms with Crippen LogP contribution in [0.2, 0.25) is 0 Å². The molecule has 0 bridgehead atoms. The second-order valence-electron chi connectivity index (χ2n) is 8.39. The number of nitrogens with one attached hydrogen (secondary N) is 2. The van der Waals surface area contributed by atoms with Gasteiger partial charge in [-0.15, -0.1) is 11.3 Å². The number of aryl methyl sites for hydroxylation is 3. The molecule has 0 unspecified atom stereocenters. The van der Waals surface area contributed by atoms with Gasteiger partial charge in [-0.2, -0.15) is 5.10 Å². The summed E-state index contributed by atoms with van der Waals surface area (Å²) in [7, 11) is 1.78. The van der Waals surface area contributed by atoms with Crippen LogP contribution in [-0.4, -0.2) is 58.6 Å². The zero-order chi connectivity index (χ0) is 21.8. The molecule has 8 nitrogen and oxygen atoms in total. The number of hydrogen-bond donors (Lipinski definition) is 2. The fourth-order valence-electron chi connectivity index (χ4n) is 4.22. The van der Waals surface area contributed by atoms with Crippen molar-refractivity contribution in [1.29, 1.82) is 0 Å². The zero-order valence-corrected chi connectivity index (χ0v) is 18.7. The second-order valence-corrected chi connectivity index (χ2v) is 9.52. The molecular weight excluding hydrogens is 414 g/mol. The maximum Gasteiger partial charge on any atom is 0.261 e. The molecular formula is C22H29N5O3S. The summed E-state index contributed by atoms with van der Waals surface area (Å²) in [6, 6.07) is 1.99. The largest absolute Gasteiger partial charge is 0.352 e. The molecule has 0 atom stereocenters. The third-order valence-corrected chi connectivity index (χ3v) is 7.34. The van der Waals surface area contributed by atoms with E-state index in [4.69, 9.17) is 0 Å². The van der Waals surface area contributed by atoms with Crippen molar-refractivity contribution in [1.82, 2.24) is 25.3 Å². The lowest BCUT2D eigenvalue weighted by Crippen LogP contribution is -2.45. The summed E-state index contributed by atoms with van der Waals surface area (Å²) in [4.78, 5) is 40.9. The van der Waals surface area contributed by atoms with Gasteiger partial charge in [0.25, 0.3) is 11.8 Å². The summed E-state index contributed by atoms with van der Waals surface area (Å²) >= 11 is 1.56. The van der Waals surface area contributed by atoms with E-state index in [1.54, 1.807) is 40.4 Å². The van der Waals surface area contributed by atoms with Gasteiger partial charge < -0.3 is 15.5 Å². The summed E-state index contributed by atoms with van der Waals surface area (Å²) in [5.74, 6) is 0.0227. The van der Waals surface area contributed by atoms with Crippen molar-refractivity contribution in [3.63, 3.8) is 0 Å². The number of carbonyl (C=O) groups excluding carboxylic acids is 3. The second kappa shape index (κ2) is 9.64. The van der Waals surface area contributed by atoms with Crippen LogP contribution >= 0.6 is 11.3 Å². The summed E-state index contributed by atoms with van der Waals surface area (Å²) in [6.07, 6.45) is 9.41. The van der Waals surface area contributed by atoms with E-state index in [-0.39, 0.29) is 24.3 Å². The van der Waals surface area contributed by atoms with Gasteiger partial charge in [-0.3, -0.25) is 19.1 Å². The number of carbonyl (C=O) groups is 3. The maximum atomic E-state index is 12.5. The fourth-order valence-corrected chi connectivity index (χ4v) is 5.39. The van der Waals surface area contributed by atoms with Gasteiger partial charge >= 0.3 is 0 Å². The van der Waals surface area contributed by atoms with E-state index in [9.17, 15) is 14.4 Å². The highest BCUT2D eigenvalue weighted by Gasteiger charge is 2.24. The molecule has 1 saturated heterocycles. The summed E-state index contributed by atoms with van der Waals surface area (Å²) in [5.41, 5.74) is 1.85. The fraction of sp³-hybridized carbons (Fsp3) is 0.545. The molecule has 2 aromatic heterocycles. The number of piperidine rings is 1. The maximum absolute atomic E-state index is 12.5. The van der Waals surface area contributed by atoms with Gasteiger partial charge in [-0.05, 0) is 56.1 Å². The summed E-state index contributed by atoms with van der Waals surface area (Å²) < 4.78 is 1.60. The Morgan fingerprint density at radius 3 is 2.61 bits per heavy atom. The van der Waals surface area contributed by atoms with Crippen molar-refractivity contribution in [3.8, 4) is 0 Å². The van der Waals surface area contributed by atoms with E-state index in [2.05, 4.69) is 15.7 Å². The molecule has 0 aromatic carbocycles. The number of aromatic nitrogens is 2.